The number of rotatable bonds is 0. The average Bonchev–Trinajstić information content (AvgIpc) is 2.56. The Morgan fingerprint density at radius 1 is 1.21 bits per heavy atom. The molecule has 0 saturated carbocycles. The Hall–Kier alpha value is -1.19. The Balaban J connectivity index is 0.000000750. The molecule has 0 amide bonds. The zero-order valence-corrected chi connectivity index (χ0v) is 9.45. The van der Waals surface area contributed by atoms with Crippen molar-refractivity contribution in [3.8, 4) is 0 Å². The van der Waals surface area contributed by atoms with Gasteiger partial charge in [-0.2, -0.15) is 0 Å². The summed E-state index contributed by atoms with van der Waals surface area (Å²) in [5, 5.41) is 1.23. The highest BCUT2D eigenvalue weighted by Crippen LogP contribution is 2.24. The Labute approximate surface area is 98.8 Å². The SMILES string of the molecule is [C+]1=NC=Cc2c1[nH]c1ccccc21.[I-]. The lowest BCUT2D eigenvalue weighted by molar-refractivity contribution is -0.00000250. The van der Waals surface area contributed by atoms with Crippen LogP contribution in [-0.2, 0) is 0 Å². The van der Waals surface area contributed by atoms with E-state index in [1.807, 2.05) is 18.2 Å². The van der Waals surface area contributed by atoms with E-state index in [0.717, 1.165) is 11.2 Å². The Bertz CT molecular complexity index is 523. The molecule has 3 heteroatoms. The van der Waals surface area contributed by atoms with E-state index in [4.69, 9.17) is 0 Å². The molecular weight excluding hydrogens is 287 g/mol. The van der Waals surface area contributed by atoms with E-state index in [1.165, 1.54) is 10.9 Å². The van der Waals surface area contributed by atoms with Gasteiger partial charge in [-0.1, -0.05) is 17.1 Å². The Morgan fingerprint density at radius 2 is 2.07 bits per heavy atom. The highest BCUT2D eigenvalue weighted by atomic mass is 127. The predicted molar refractivity (Wildman–Crippen MR) is 53.9 cm³/mol. The van der Waals surface area contributed by atoms with Crippen molar-refractivity contribution in [1.29, 1.82) is 0 Å². The van der Waals surface area contributed by atoms with Gasteiger partial charge in [0.15, 0.2) is 6.21 Å². The molecule has 2 nitrogen and oxygen atoms in total. The fourth-order valence-electron chi connectivity index (χ4n) is 1.64. The summed E-state index contributed by atoms with van der Waals surface area (Å²) >= 11 is 0. The van der Waals surface area contributed by atoms with Crippen molar-refractivity contribution in [2.24, 2.45) is 4.99 Å². The van der Waals surface area contributed by atoms with E-state index < -0.39 is 0 Å². The van der Waals surface area contributed by atoms with Crippen LogP contribution in [0.4, 0.5) is 0 Å². The Kier molecular flexibility index (Phi) is 2.35. The van der Waals surface area contributed by atoms with Gasteiger partial charge in [-0.15, -0.1) is 0 Å². The molecule has 3 rings (SSSR count). The lowest BCUT2D eigenvalue weighted by atomic mass is 10.1. The molecule has 14 heavy (non-hydrogen) atoms. The van der Waals surface area contributed by atoms with Crippen LogP contribution in [0.25, 0.3) is 17.0 Å². The molecule has 0 saturated heterocycles. The van der Waals surface area contributed by atoms with E-state index >= 15 is 0 Å². The molecule has 1 aromatic heterocycles. The average molecular weight is 294 g/mol. The molecule has 0 spiro atoms. The largest absolute Gasteiger partial charge is 1.00 e. The maximum Gasteiger partial charge on any atom is 0.237 e. The predicted octanol–water partition coefficient (Wildman–Crippen LogP) is -0.548. The summed E-state index contributed by atoms with van der Waals surface area (Å²) in [6, 6.07) is 8.21. The van der Waals surface area contributed by atoms with Gasteiger partial charge in [-0.3, -0.25) is 0 Å². The number of nitrogens with zero attached hydrogens (tertiary/aromatic N) is 1. The van der Waals surface area contributed by atoms with Crippen molar-refractivity contribution < 1.29 is 24.0 Å². The minimum Gasteiger partial charge on any atom is -1.00 e. The first-order valence-corrected chi connectivity index (χ1v) is 4.18. The number of aromatic nitrogens is 1. The van der Waals surface area contributed by atoms with E-state index in [2.05, 4.69) is 28.3 Å². The zero-order chi connectivity index (χ0) is 8.67. The molecule has 0 unspecified atom stereocenters. The van der Waals surface area contributed by atoms with Crippen LogP contribution in [0.1, 0.15) is 11.3 Å². The molecule has 1 N–H and O–H groups in total. The monoisotopic (exact) mass is 294 g/mol. The third kappa shape index (κ3) is 1.25. The minimum atomic E-state index is 0. The van der Waals surface area contributed by atoms with Crippen LogP contribution >= 0.6 is 0 Å². The first-order valence-electron chi connectivity index (χ1n) is 4.18. The number of hydrogen-bond donors (Lipinski definition) is 1. The number of H-pyrrole nitrogens is 1. The van der Waals surface area contributed by atoms with Crippen molar-refractivity contribution >= 4 is 23.2 Å². The molecule has 2 heterocycles. The fourth-order valence-corrected chi connectivity index (χ4v) is 1.64. The zero-order valence-electron chi connectivity index (χ0n) is 7.29. The summed E-state index contributed by atoms with van der Waals surface area (Å²) in [4.78, 5) is 7.21. The van der Waals surface area contributed by atoms with Crippen LogP contribution in [-0.4, -0.2) is 11.2 Å². The van der Waals surface area contributed by atoms with Gasteiger partial charge in [0.2, 0.25) is 5.69 Å². The number of nitrogens with one attached hydrogen (secondary N) is 1. The summed E-state index contributed by atoms with van der Waals surface area (Å²) in [6.45, 7) is 0. The van der Waals surface area contributed by atoms with Gasteiger partial charge in [-0.05, 0) is 12.1 Å². The van der Waals surface area contributed by atoms with Crippen LogP contribution in [0.2, 0.25) is 0 Å². The number of para-hydroxylation sites is 1. The minimum absolute atomic E-state index is 0. The van der Waals surface area contributed by atoms with Crippen molar-refractivity contribution in [1.82, 2.24) is 4.98 Å². The molecule has 1 aromatic carbocycles. The van der Waals surface area contributed by atoms with Gasteiger partial charge >= 0.3 is 0 Å². The fraction of sp³-hybridized carbons (Fsp3) is 0. The lowest BCUT2D eigenvalue weighted by Crippen LogP contribution is -3.00. The van der Waals surface area contributed by atoms with E-state index in [1.54, 1.807) is 6.20 Å². The van der Waals surface area contributed by atoms with Crippen LogP contribution in [0.15, 0.2) is 35.5 Å². The van der Waals surface area contributed by atoms with Gasteiger partial charge in [-0.25, -0.2) is 0 Å². The van der Waals surface area contributed by atoms with Crippen molar-refractivity contribution in [2.75, 3.05) is 0 Å². The molecule has 1 aliphatic rings. The third-order valence-corrected chi connectivity index (χ3v) is 2.24. The number of benzene rings is 1. The van der Waals surface area contributed by atoms with Gasteiger partial charge in [0, 0.05) is 0 Å². The highest BCUT2D eigenvalue weighted by Gasteiger charge is 2.17. The van der Waals surface area contributed by atoms with E-state index in [9.17, 15) is 0 Å². The molecular formula is C11H7IN2. The standard InChI is InChI=1S/C11H7N2.HI/c1-2-4-10-8(3-1)9-5-6-12-7-11(9)13-10;/h1-6,13H;1H/q+1;/p-1. The van der Waals surface area contributed by atoms with E-state index in [0.29, 0.717) is 0 Å². The molecule has 0 atom stereocenters. The first-order chi connectivity index (χ1) is 6.45. The summed E-state index contributed by atoms with van der Waals surface area (Å²) < 4.78 is 0. The second-order valence-corrected chi connectivity index (χ2v) is 3.02. The number of aromatic amines is 1. The van der Waals surface area contributed by atoms with Gasteiger partial charge in [0.1, 0.15) is 11.8 Å². The van der Waals surface area contributed by atoms with Crippen LogP contribution < -0.4 is 24.0 Å². The maximum absolute atomic E-state index is 3.95. The second kappa shape index (κ2) is 3.52. The smallest absolute Gasteiger partial charge is 0.237 e. The number of hydrogen-bond acceptors (Lipinski definition) is 1. The first kappa shape index (κ1) is 9.37. The third-order valence-electron chi connectivity index (χ3n) is 2.24. The molecule has 0 radical (unpaired) electrons. The van der Waals surface area contributed by atoms with Crippen LogP contribution in [0, 0.1) is 0 Å². The van der Waals surface area contributed by atoms with Crippen LogP contribution in [0.3, 0.4) is 0 Å². The number of fused-ring (bicyclic) bond motifs is 3. The summed E-state index contributed by atoms with van der Waals surface area (Å²) in [5.41, 5.74) is 3.30. The summed E-state index contributed by atoms with van der Waals surface area (Å²) in [5.74, 6) is 0. The quantitative estimate of drug-likeness (QED) is 0.499. The van der Waals surface area contributed by atoms with Crippen molar-refractivity contribution in [3.05, 3.63) is 41.7 Å². The van der Waals surface area contributed by atoms with E-state index in [-0.39, 0.29) is 24.0 Å². The molecule has 1 aliphatic heterocycles. The second-order valence-electron chi connectivity index (χ2n) is 3.02. The Morgan fingerprint density at radius 3 is 3.00 bits per heavy atom. The topological polar surface area (TPSA) is 28.1 Å². The highest BCUT2D eigenvalue weighted by molar-refractivity contribution is 6.00. The van der Waals surface area contributed by atoms with Gasteiger partial charge in [0.25, 0.3) is 0 Å². The maximum atomic E-state index is 3.95. The normalized spacial score (nSPS) is 12.0. The lowest BCUT2D eigenvalue weighted by Gasteiger charge is -1.85. The van der Waals surface area contributed by atoms with Gasteiger partial charge < -0.3 is 29.0 Å². The van der Waals surface area contributed by atoms with Gasteiger partial charge in [0.05, 0.1) is 17.0 Å². The summed E-state index contributed by atoms with van der Waals surface area (Å²) in [6.07, 6.45) is 6.71. The number of halogens is 1. The summed E-state index contributed by atoms with van der Waals surface area (Å²) in [7, 11) is 0. The van der Waals surface area contributed by atoms with Crippen LogP contribution in [0.5, 0.6) is 0 Å². The van der Waals surface area contributed by atoms with Crippen molar-refractivity contribution in [3.63, 3.8) is 0 Å². The van der Waals surface area contributed by atoms with Crippen molar-refractivity contribution in [2.45, 2.75) is 0 Å². The molecule has 0 aliphatic carbocycles. The molecule has 0 bridgehead atoms. The molecule has 68 valence electrons. The number of aliphatic imine (C=N–C) groups is 1. The molecule has 2 aromatic rings. The molecule has 0 fully saturated rings.